The van der Waals surface area contributed by atoms with Crippen molar-refractivity contribution in [3.63, 3.8) is 0 Å². The Morgan fingerprint density at radius 2 is 2.00 bits per heavy atom. The standard InChI is InChI=1S/C28H39N3O6S2/c1-19-16-31(20(2)18-32)26(33)15-22-14-23(29-28(34)21-8-5-4-6-9-21)11-12-24(22)37-25(19)17-30(3)39(35,36)27-10-7-13-38-27/h7,10-14,19-21,25,32H,4-6,8-9,15-18H2,1-3H3,(H,29,34)/t19-,20-,25+/m1/s1. The van der Waals surface area contributed by atoms with E-state index in [9.17, 15) is 23.1 Å². The van der Waals surface area contributed by atoms with Gasteiger partial charge in [0.25, 0.3) is 10.0 Å². The van der Waals surface area contributed by atoms with Gasteiger partial charge in [-0.1, -0.05) is 32.3 Å². The zero-order valence-electron chi connectivity index (χ0n) is 22.8. The maximum Gasteiger partial charge on any atom is 0.252 e. The summed E-state index contributed by atoms with van der Waals surface area (Å²) in [5.41, 5.74) is 1.21. The fraction of sp³-hybridized carbons (Fsp3) is 0.571. The normalized spacial score (nSPS) is 21.9. The average Bonchev–Trinajstić information content (AvgIpc) is 3.49. The van der Waals surface area contributed by atoms with Crippen LogP contribution >= 0.6 is 11.3 Å². The molecule has 39 heavy (non-hydrogen) atoms. The van der Waals surface area contributed by atoms with Crippen LogP contribution in [0.1, 0.15) is 51.5 Å². The second-order valence-corrected chi connectivity index (χ2v) is 14.0. The van der Waals surface area contributed by atoms with Crippen LogP contribution in [-0.4, -0.2) is 73.4 Å². The molecule has 1 aliphatic carbocycles. The second kappa shape index (κ2) is 12.8. The topological polar surface area (TPSA) is 116 Å². The van der Waals surface area contributed by atoms with Crippen LogP contribution in [0.4, 0.5) is 5.69 Å². The minimum absolute atomic E-state index is 0.00574. The number of ether oxygens (including phenoxy) is 1. The average molecular weight is 578 g/mol. The molecule has 2 amide bonds. The Kier molecular flexibility index (Phi) is 9.69. The van der Waals surface area contributed by atoms with Crippen LogP contribution in [0.15, 0.2) is 39.9 Å². The Balaban J connectivity index is 1.62. The van der Waals surface area contributed by atoms with Gasteiger partial charge in [0, 0.05) is 36.7 Å². The first-order valence-electron chi connectivity index (χ1n) is 13.6. The second-order valence-electron chi connectivity index (χ2n) is 10.8. The molecule has 0 unspecified atom stereocenters. The van der Waals surface area contributed by atoms with Gasteiger partial charge in [0.1, 0.15) is 16.1 Å². The number of aliphatic hydroxyl groups excluding tert-OH is 1. The summed E-state index contributed by atoms with van der Waals surface area (Å²) in [6.07, 6.45) is 4.51. The van der Waals surface area contributed by atoms with Crippen LogP contribution in [-0.2, 0) is 26.0 Å². The van der Waals surface area contributed by atoms with E-state index in [-0.39, 0.29) is 47.4 Å². The highest BCUT2D eigenvalue weighted by Crippen LogP contribution is 2.31. The highest BCUT2D eigenvalue weighted by Gasteiger charge is 2.34. The zero-order chi connectivity index (χ0) is 28.2. The van der Waals surface area contributed by atoms with Crippen molar-refractivity contribution in [1.29, 1.82) is 0 Å². The van der Waals surface area contributed by atoms with Gasteiger partial charge in [0.05, 0.1) is 25.6 Å². The maximum absolute atomic E-state index is 13.4. The molecule has 0 radical (unpaired) electrons. The molecule has 2 heterocycles. The minimum Gasteiger partial charge on any atom is -0.488 e. The number of benzene rings is 1. The molecule has 2 aromatic rings. The van der Waals surface area contributed by atoms with Crippen LogP contribution < -0.4 is 10.1 Å². The summed E-state index contributed by atoms with van der Waals surface area (Å²) in [5, 5.41) is 14.6. The fourth-order valence-corrected chi connectivity index (χ4v) is 7.63. The molecule has 4 rings (SSSR count). The molecule has 0 spiro atoms. The van der Waals surface area contributed by atoms with E-state index >= 15 is 0 Å². The van der Waals surface area contributed by atoms with E-state index in [1.807, 2.05) is 6.92 Å². The van der Waals surface area contributed by atoms with E-state index in [1.54, 1.807) is 47.5 Å². The lowest BCUT2D eigenvalue weighted by Gasteiger charge is -2.33. The van der Waals surface area contributed by atoms with Gasteiger partial charge >= 0.3 is 0 Å². The van der Waals surface area contributed by atoms with E-state index in [1.165, 1.54) is 11.4 Å². The summed E-state index contributed by atoms with van der Waals surface area (Å²) in [5.74, 6) is 0.0715. The maximum atomic E-state index is 13.4. The first-order valence-corrected chi connectivity index (χ1v) is 15.9. The molecule has 1 aromatic heterocycles. The number of hydrogen-bond donors (Lipinski definition) is 2. The molecule has 0 bridgehead atoms. The number of amides is 2. The Labute approximate surface area is 235 Å². The summed E-state index contributed by atoms with van der Waals surface area (Å²) in [4.78, 5) is 27.9. The molecule has 1 aromatic carbocycles. The Bertz CT molecular complexity index is 1240. The van der Waals surface area contributed by atoms with E-state index in [0.717, 1.165) is 43.4 Å². The summed E-state index contributed by atoms with van der Waals surface area (Å²) >= 11 is 1.16. The number of likely N-dealkylation sites (N-methyl/N-ethyl adjacent to an activating group) is 1. The number of sulfonamides is 1. The molecular weight excluding hydrogens is 538 g/mol. The lowest BCUT2D eigenvalue weighted by atomic mass is 9.88. The van der Waals surface area contributed by atoms with Crippen LogP contribution in [0, 0.1) is 11.8 Å². The van der Waals surface area contributed by atoms with Gasteiger partial charge in [-0.05, 0) is 49.4 Å². The number of anilines is 1. The van der Waals surface area contributed by atoms with Crippen molar-refractivity contribution in [3.05, 3.63) is 41.3 Å². The number of nitrogens with one attached hydrogen (secondary N) is 1. The lowest BCUT2D eigenvalue weighted by molar-refractivity contribution is -0.134. The van der Waals surface area contributed by atoms with E-state index in [0.29, 0.717) is 23.5 Å². The smallest absolute Gasteiger partial charge is 0.252 e. The van der Waals surface area contributed by atoms with E-state index in [2.05, 4.69) is 5.32 Å². The number of fused-ring (bicyclic) bond motifs is 1. The molecule has 2 N–H and O–H groups in total. The zero-order valence-corrected chi connectivity index (χ0v) is 24.5. The molecule has 1 saturated carbocycles. The largest absolute Gasteiger partial charge is 0.488 e. The number of carbonyl (C=O) groups excluding carboxylic acids is 2. The quantitative estimate of drug-likeness (QED) is 0.494. The molecular formula is C28H39N3O6S2. The lowest BCUT2D eigenvalue weighted by Crippen LogP contribution is -2.48. The highest BCUT2D eigenvalue weighted by molar-refractivity contribution is 7.91. The number of thiophene rings is 1. The number of carbonyl (C=O) groups is 2. The third-order valence-corrected chi connectivity index (χ3v) is 11.0. The summed E-state index contributed by atoms with van der Waals surface area (Å²) in [6.45, 7) is 3.90. The third-order valence-electron chi connectivity index (χ3n) is 7.76. The van der Waals surface area contributed by atoms with Gasteiger partial charge in [-0.25, -0.2) is 8.42 Å². The molecule has 3 atom stereocenters. The Hall–Kier alpha value is -2.47. The molecule has 214 valence electrons. The van der Waals surface area contributed by atoms with Crippen molar-refractivity contribution in [2.45, 2.75) is 68.7 Å². The van der Waals surface area contributed by atoms with Gasteiger partial charge in [-0.15, -0.1) is 11.3 Å². The summed E-state index contributed by atoms with van der Waals surface area (Å²) in [6, 6.07) is 8.15. The number of hydrogen-bond acceptors (Lipinski definition) is 7. The van der Waals surface area contributed by atoms with Crippen molar-refractivity contribution in [2.24, 2.45) is 11.8 Å². The Morgan fingerprint density at radius 3 is 2.67 bits per heavy atom. The van der Waals surface area contributed by atoms with Gasteiger partial charge in [-0.2, -0.15) is 4.31 Å². The van der Waals surface area contributed by atoms with Crippen molar-refractivity contribution in [1.82, 2.24) is 9.21 Å². The van der Waals surface area contributed by atoms with Gasteiger partial charge in [0.15, 0.2) is 0 Å². The summed E-state index contributed by atoms with van der Waals surface area (Å²) < 4.78 is 34.3. The number of nitrogens with zero attached hydrogens (tertiary/aromatic N) is 2. The summed E-state index contributed by atoms with van der Waals surface area (Å²) in [7, 11) is -2.17. The first-order chi connectivity index (χ1) is 18.6. The Morgan fingerprint density at radius 1 is 1.26 bits per heavy atom. The van der Waals surface area contributed by atoms with Crippen molar-refractivity contribution < 1.29 is 27.9 Å². The predicted molar refractivity (Wildman–Crippen MR) is 151 cm³/mol. The molecule has 11 heteroatoms. The molecule has 2 aliphatic rings. The van der Waals surface area contributed by atoms with Crippen molar-refractivity contribution in [3.8, 4) is 5.75 Å². The molecule has 1 aliphatic heterocycles. The van der Waals surface area contributed by atoms with E-state index in [4.69, 9.17) is 4.74 Å². The first kappa shape index (κ1) is 29.5. The third kappa shape index (κ3) is 7.00. The van der Waals surface area contributed by atoms with E-state index < -0.39 is 22.2 Å². The molecule has 1 fully saturated rings. The SMILES string of the molecule is C[C@@H]1CN([C@H](C)CO)C(=O)Cc2cc(NC(=O)C3CCCCC3)ccc2O[C@H]1CN(C)S(=O)(=O)c1cccs1. The molecule has 9 nitrogen and oxygen atoms in total. The van der Waals surface area contributed by atoms with Crippen LogP contribution in [0.3, 0.4) is 0 Å². The van der Waals surface area contributed by atoms with Gasteiger partial charge in [-0.3, -0.25) is 9.59 Å². The number of rotatable bonds is 8. The minimum atomic E-state index is -3.70. The molecule has 0 saturated heterocycles. The van der Waals surface area contributed by atoms with Crippen molar-refractivity contribution >= 4 is 38.9 Å². The van der Waals surface area contributed by atoms with Gasteiger partial charge < -0.3 is 20.1 Å². The van der Waals surface area contributed by atoms with Crippen LogP contribution in [0.25, 0.3) is 0 Å². The van der Waals surface area contributed by atoms with Crippen molar-refractivity contribution in [2.75, 3.05) is 32.1 Å². The van der Waals surface area contributed by atoms with Crippen LogP contribution in [0.5, 0.6) is 5.75 Å². The number of aliphatic hydroxyl groups is 1. The highest BCUT2D eigenvalue weighted by atomic mass is 32.2. The van der Waals surface area contributed by atoms with Gasteiger partial charge in [0.2, 0.25) is 11.8 Å². The van der Waals surface area contributed by atoms with Crippen LogP contribution in [0.2, 0.25) is 0 Å². The fourth-order valence-electron chi connectivity index (χ4n) is 5.25. The predicted octanol–water partition coefficient (Wildman–Crippen LogP) is 3.74. The monoisotopic (exact) mass is 577 g/mol.